The van der Waals surface area contributed by atoms with Crippen molar-refractivity contribution in [2.45, 2.75) is 19.4 Å². The van der Waals surface area contributed by atoms with Crippen molar-refractivity contribution in [1.29, 1.82) is 5.41 Å². The number of esters is 1. The number of amides is 2. The van der Waals surface area contributed by atoms with Gasteiger partial charge in [0, 0.05) is 56.1 Å². The highest BCUT2D eigenvalue weighted by atomic mass is 16.6. The summed E-state index contributed by atoms with van der Waals surface area (Å²) in [5.74, 6) is 0.227. The zero-order valence-electron chi connectivity index (χ0n) is 23.7. The van der Waals surface area contributed by atoms with E-state index in [9.17, 15) is 14.4 Å². The van der Waals surface area contributed by atoms with Crippen LogP contribution in [0.5, 0.6) is 11.5 Å². The third-order valence-corrected chi connectivity index (χ3v) is 7.09. The van der Waals surface area contributed by atoms with E-state index in [1.165, 1.54) is 14.2 Å². The van der Waals surface area contributed by atoms with Crippen LogP contribution in [0.4, 0.5) is 10.5 Å². The van der Waals surface area contributed by atoms with E-state index >= 15 is 0 Å². The van der Waals surface area contributed by atoms with Crippen LogP contribution >= 0.6 is 0 Å². The Morgan fingerprint density at radius 2 is 1.63 bits per heavy atom. The molecule has 0 radical (unpaired) electrons. The van der Waals surface area contributed by atoms with E-state index in [4.69, 9.17) is 24.4 Å². The number of nitrogens with zero attached hydrogens (tertiary/aromatic N) is 3. The van der Waals surface area contributed by atoms with Gasteiger partial charge in [0.15, 0.2) is 11.5 Å². The summed E-state index contributed by atoms with van der Waals surface area (Å²) >= 11 is 0. The molecule has 2 aromatic rings. The summed E-state index contributed by atoms with van der Waals surface area (Å²) in [7, 11) is 3.00. The third-order valence-electron chi connectivity index (χ3n) is 7.09. The van der Waals surface area contributed by atoms with Gasteiger partial charge in [-0.15, -0.1) is 0 Å². The van der Waals surface area contributed by atoms with Gasteiger partial charge < -0.3 is 29.2 Å². The summed E-state index contributed by atoms with van der Waals surface area (Å²) in [5.41, 5.74) is 1.48. The van der Waals surface area contributed by atoms with Gasteiger partial charge in [0.05, 0.1) is 33.8 Å². The van der Waals surface area contributed by atoms with Crippen molar-refractivity contribution in [2.75, 3.05) is 71.5 Å². The average Bonchev–Trinajstić information content (AvgIpc) is 3.36. The molecule has 1 atom stereocenters. The van der Waals surface area contributed by atoms with Crippen molar-refractivity contribution >= 4 is 29.5 Å². The summed E-state index contributed by atoms with van der Waals surface area (Å²) in [6, 6.07) is 11.6. The Balaban J connectivity index is 1.25. The molecular weight excluding hydrogens is 530 g/mol. The van der Waals surface area contributed by atoms with Gasteiger partial charge in [0.1, 0.15) is 11.9 Å². The highest BCUT2D eigenvalue weighted by Gasteiger charge is 2.34. The van der Waals surface area contributed by atoms with Crippen molar-refractivity contribution in [3.8, 4) is 11.5 Å². The number of carbonyl (C=O) groups excluding carboxylic acids is 3. The Labute approximate surface area is 239 Å². The third kappa shape index (κ3) is 7.74. The molecule has 2 aliphatic heterocycles. The number of amidine groups is 1. The molecule has 0 aromatic heterocycles. The van der Waals surface area contributed by atoms with Gasteiger partial charge in [0.25, 0.3) is 5.91 Å². The quantitative estimate of drug-likeness (QED) is 0.238. The number of methoxy groups -OCH3 is 2. The summed E-state index contributed by atoms with van der Waals surface area (Å²) in [6.45, 7) is 7.32. The molecule has 0 saturated carbocycles. The molecule has 12 nitrogen and oxygen atoms in total. The zero-order chi connectivity index (χ0) is 29.4. The predicted octanol–water partition coefficient (Wildman–Crippen LogP) is 2.36. The Kier molecular flexibility index (Phi) is 10.1. The molecule has 1 unspecified atom stereocenters. The molecule has 12 heteroatoms. The van der Waals surface area contributed by atoms with Crippen molar-refractivity contribution in [3.63, 3.8) is 0 Å². The number of piperazine rings is 1. The normalized spacial score (nSPS) is 17.6. The fourth-order valence-corrected chi connectivity index (χ4v) is 4.84. The van der Waals surface area contributed by atoms with E-state index in [0.717, 1.165) is 26.2 Å². The van der Waals surface area contributed by atoms with E-state index in [2.05, 4.69) is 15.1 Å². The number of hydrogen-bond donors (Lipinski definition) is 2. The van der Waals surface area contributed by atoms with Gasteiger partial charge in [-0.1, -0.05) is 0 Å². The Bertz CT molecular complexity index is 1240. The van der Waals surface area contributed by atoms with E-state index in [1.807, 2.05) is 0 Å². The molecule has 2 saturated heterocycles. The molecule has 0 spiro atoms. The number of ether oxygens (including phenoxy) is 4. The number of benzene rings is 2. The van der Waals surface area contributed by atoms with Crippen LogP contribution < -0.4 is 19.7 Å². The molecule has 0 aliphatic carbocycles. The van der Waals surface area contributed by atoms with E-state index in [0.29, 0.717) is 61.0 Å². The van der Waals surface area contributed by atoms with Crippen molar-refractivity contribution in [1.82, 2.24) is 15.1 Å². The number of anilines is 1. The molecule has 220 valence electrons. The van der Waals surface area contributed by atoms with Gasteiger partial charge >= 0.3 is 12.1 Å². The van der Waals surface area contributed by atoms with Crippen LogP contribution in [0.1, 0.15) is 29.3 Å². The lowest BCUT2D eigenvalue weighted by Gasteiger charge is -2.35. The molecule has 2 heterocycles. The summed E-state index contributed by atoms with van der Waals surface area (Å²) in [5, 5.41) is 10.9. The lowest BCUT2D eigenvalue weighted by Crippen LogP contribution is -2.49. The maximum atomic E-state index is 12.7. The minimum Gasteiger partial charge on any atom is -0.493 e. The minimum atomic E-state index is -0.453. The first-order chi connectivity index (χ1) is 19.8. The molecule has 2 fully saturated rings. The van der Waals surface area contributed by atoms with Crippen molar-refractivity contribution in [2.24, 2.45) is 0 Å². The maximum Gasteiger partial charge on any atom is 0.414 e. The van der Waals surface area contributed by atoms with Gasteiger partial charge in [-0.05, 0) is 49.4 Å². The fraction of sp³-hybridized carbons (Fsp3) is 0.448. The second-order valence-corrected chi connectivity index (χ2v) is 9.76. The number of rotatable bonds is 11. The summed E-state index contributed by atoms with van der Waals surface area (Å²) in [6.07, 6.45) is -0.272. The topological polar surface area (TPSA) is 134 Å². The van der Waals surface area contributed by atoms with Gasteiger partial charge in [-0.25, -0.2) is 4.79 Å². The van der Waals surface area contributed by atoms with Crippen molar-refractivity contribution in [3.05, 3.63) is 53.6 Å². The first-order valence-electron chi connectivity index (χ1n) is 13.6. The SMILES string of the molecule is CCOC(=O)CCN1CCN(CC2CN(c3ccc(C(=N)NC(=O)c4ccc(OC)c(OC)c4)cc3)C(=O)O2)CC1. The predicted molar refractivity (Wildman–Crippen MR) is 152 cm³/mol. The molecular formula is C29H37N5O7. The van der Waals surface area contributed by atoms with Gasteiger partial charge in [-0.3, -0.25) is 24.8 Å². The van der Waals surface area contributed by atoms with Crippen LogP contribution in [0, 0.1) is 5.41 Å². The van der Waals surface area contributed by atoms with E-state index in [-0.39, 0.29) is 17.9 Å². The highest BCUT2D eigenvalue weighted by Crippen LogP contribution is 2.27. The van der Waals surface area contributed by atoms with Crippen LogP contribution in [0.15, 0.2) is 42.5 Å². The van der Waals surface area contributed by atoms with Crippen LogP contribution in [0.25, 0.3) is 0 Å². The Morgan fingerprint density at radius 1 is 0.976 bits per heavy atom. The number of cyclic esters (lactones) is 1. The first-order valence-corrected chi connectivity index (χ1v) is 13.6. The summed E-state index contributed by atoms with van der Waals surface area (Å²) < 4.78 is 21.1. The van der Waals surface area contributed by atoms with Crippen LogP contribution in [-0.2, 0) is 14.3 Å². The fourth-order valence-electron chi connectivity index (χ4n) is 4.84. The number of nitrogens with one attached hydrogen (secondary N) is 2. The first kappa shape index (κ1) is 29.8. The molecule has 2 N–H and O–H groups in total. The smallest absolute Gasteiger partial charge is 0.414 e. The van der Waals surface area contributed by atoms with E-state index < -0.39 is 12.0 Å². The zero-order valence-corrected chi connectivity index (χ0v) is 23.7. The number of hydrogen-bond acceptors (Lipinski definition) is 10. The second-order valence-electron chi connectivity index (χ2n) is 9.76. The molecule has 4 rings (SSSR count). The molecule has 2 amide bonds. The number of carbonyl (C=O) groups is 3. The molecule has 2 aromatic carbocycles. The Hall–Kier alpha value is -4.16. The van der Waals surface area contributed by atoms with Gasteiger partial charge in [0.2, 0.25) is 0 Å². The van der Waals surface area contributed by atoms with Crippen LogP contribution in [0.3, 0.4) is 0 Å². The molecule has 41 heavy (non-hydrogen) atoms. The largest absolute Gasteiger partial charge is 0.493 e. The second kappa shape index (κ2) is 14.0. The maximum absolute atomic E-state index is 12.7. The minimum absolute atomic E-state index is 0.0698. The molecule has 0 bridgehead atoms. The van der Waals surface area contributed by atoms with Gasteiger partial charge in [-0.2, -0.15) is 0 Å². The average molecular weight is 568 g/mol. The van der Waals surface area contributed by atoms with Crippen LogP contribution in [-0.4, -0.2) is 106 Å². The standard InChI is InChI=1S/C29H37N5O7/c1-4-40-26(35)11-12-32-13-15-33(16-14-32)18-23-19-34(29(37)41-23)22-8-5-20(6-9-22)27(30)31-28(36)21-7-10-24(38-2)25(17-21)39-3/h5-10,17,23H,4,11-16,18-19H2,1-3H3,(H2,30,31,36). The summed E-state index contributed by atoms with van der Waals surface area (Å²) in [4.78, 5) is 43.0. The Morgan fingerprint density at radius 3 is 2.29 bits per heavy atom. The monoisotopic (exact) mass is 567 g/mol. The lowest BCUT2D eigenvalue weighted by molar-refractivity contribution is -0.143. The highest BCUT2D eigenvalue weighted by molar-refractivity contribution is 6.11. The van der Waals surface area contributed by atoms with E-state index in [1.54, 1.807) is 54.3 Å². The van der Waals surface area contributed by atoms with Crippen molar-refractivity contribution < 1.29 is 33.3 Å². The van der Waals surface area contributed by atoms with Crippen LogP contribution in [0.2, 0.25) is 0 Å². The lowest BCUT2D eigenvalue weighted by atomic mass is 10.1. The molecule has 2 aliphatic rings.